The van der Waals surface area contributed by atoms with Crippen LogP contribution in [0.1, 0.15) is 1.43 Å². The summed E-state index contributed by atoms with van der Waals surface area (Å²) in [7, 11) is 0. The molecule has 1 heterocycles. The number of aliphatic carboxylic acids is 3. The Hall–Kier alpha value is -0.630. The molecule has 0 aromatic rings. The Labute approximate surface area is 108 Å². The molecule has 1 aliphatic rings. The molecule has 4 N–H and O–H groups in total. The van der Waals surface area contributed by atoms with Crippen molar-refractivity contribution in [3.8, 4) is 0 Å². The first-order valence-electron chi connectivity index (χ1n) is 3.87. The molecule has 0 aliphatic carbocycles. The first-order valence-corrected chi connectivity index (χ1v) is 3.87. The van der Waals surface area contributed by atoms with Gasteiger partial charge in [-0.25, -0.2) is 0 Å². The number of hydrogen-bond donors (Lipinski definition) is 4. The van der Waals surface area contributed by atoms with Crippen LogP contribution in [0.4, 0.5) is 0 Å². The molecule has 0 aromatic heterocycles. The van der Waals surface area contributed by atoms with Gasteiger partial charge in [0, 0.05) is 6.54 Å². The van der Waals surface area contributed by atoms with Gasteiger partial charge in [0.15, 0.2) is 0 Å². The Bertz CT molecular complexity index is 277. The van der Waals surface area contributed by atoms with Crippen LogP contribution in [0.25, 0.3) is 0 Å². The fourth-order valence-electron chi connectivity index (χ4n) is 1.54. The van der Waals surface area contributed by atoms with Crippen LogP contribution in [0.2, 0.25) is 0 Å². The van der Waals surface area contributed by atoms with Crippen LogP contribution >= 0.6 is 0 Å². The van der Waals surface area contributed by atoms with Crippen molar-refractivity contribution in [2.75, 3.05) is 6.54 Å². The van der Waals surface area contributed by atoms with Crippen molar-refractivity contribution < 1.29 is 60.7 Å². The maximum Gasteiger partial charge on any atom is 1.00 e. The van der Waals surface area contributed by atoms with E-state index in [1.165, 1.54) is 0 Å². The van der Waals surface area contributed by atoms with Crippen LogP contribution in [0, 0.1) is 11.8 Å². The van der Waals surface area contributed by atoms with Gasteiger partial charge in [-0.1, -0.05) is 0 Å². The average molecular weight is 227 g/mol. The molecule has 0 aromatic carbocycles. The summed E-state index contributed by atoms with van der Waals surface area (Å²) in [6, 6.07) is -1.33. The fourth-order valence-corrected chi connectivity index (χ4v) is 1.54. The second-order valence-electron chi connectivity index (χ2n) is 3.03. The van der Waals surface area contributed by atoms with Gasteiger partial charge in [0.05, 0.1) is 11.8 Å². The van der Waals surface area contributed by atoms with Gasteiger partial charge < -0.3 is 22.1 Å². The number of carboxylic acid groups (broad SMARTS) is 3. The maximum absolute atomic E-state index is 10.7. The molecule has 1 aliphatic heterocycles. The van der Waals surface area contributed by atoms with Gasteiger partial charge in [-0.2, -0.15) is 0 Å². The van der Waals surface area contributed by atoms with E-state index in [2.05, 4.69) is 5.32 Å². The summed E-state index contributed by atoms with van der Waals surface area (Å²) in [5.74, 6) is -6.65. The smallest absolute Gasteiger partial charge is 1.00 e. The molecule has 1 rings (SSSR count). The molecule has 15 heavy (non-hydrogen) atoms. The van der Waals surface area contributed by atoms with Crippen molar-refractivity contribution in [3.05, 3.63) is 0 Å². The summed E-state index contributed by atoms with van der Waals surface area (Å²) in [4.78, 5) is 31.8. The standard InChI is InChI=1S/C7H9NO6.Na.H/c9-5(10)2-1-8-4(7(13)14)3(2)6(11)12;;/h2-4,8H,1H2,(H,9,10)(H,11,12)(H,13,14);;/q;+1;-1. The Morgan fingerprint density at radius 3 is 1.93 bits per heavy atom. The molecular formula is C7H10NNaO6. The summed E-state index contributed by atoms with van der Waals surface area (Å²) in [6.45, 7) is -0.136. The third-order valence-electron chi connectivity index (χ3n) is 2.22. The van der Waals surface area contributed by atoms with Crippen molar-refractivity contribution in [2.45, 2.75) is 6.04 Å². The molecule has 1 fully saturated rings. The average Bonchev–Trinajstić information content (AvgIpc) is 2.46. The van der Waals surface area contributed by atoms with E-state index in [4.69, 9.17) is 15.3 Å². The summed E-state index contributed by atoms with van der Waals surface area (Å²) in [5, 5.41) is 28.3. The molecule has 7 nitrogen and oxygen atoms in total. The van der Waals surface area contributed by atoms with E-state index in [9.17, 15) is 14.4 Å². The maximum atomic E-state index is 10.7. The summed E-state index contributed by atoms with van der Waals surface area (Å²) < 4.78 is 0. The van der Waals surface area contributed by atoms with Crippen LogP contribution in [-0.4, -0.2) is 45.8 Å². The van der Waals surface area contributed by atoms with Crippen molar-refractivity contribution in [2.24, 2.45) is 11.8 Å². The van der Waals surface area contributed by atoms with E-state index >= 15 is 0 Å². The quantitative estimate of drug-likeness (QED) is 0.358. The Morgan fingerprint density at radius 1 is 1.07 bits per heavy atom. The van der Waals surface area contributed by atoms with Crippen molar-refractivity contribution in [1.82, 2.24) is 5.32 Å². The molecule has 0 spiro atoms. The van der Waals surface area contributed by atoms with Crippen molar-refractivity contribution >= 4 is 17.9 Å². The van der Waals surface area contributed by atoms with E-state index in [0.717, 1.165) is 0 Å². The van der Waals surface area contributed by atoms with Crippen LogP contribution < -0.4 is 34.9 Å². The minimum absolute atomic E-state index is 0. The number of rotatable bonds is 3. The first-order chi connectivity index (χ1) is 6.45. The summed E-state index contributed by atoms with van der Waals surface area (Å²) in [6.07, 6.45) is 0. The molecule has 3 unspecified atom stereocenters. The van der Waals surface area contributed by atoms with Crippen LogP contribution in [0.3, 0.4) is 0 Å². The normalized spacial score (nSPS) is 29.2. The van der Waals surface area contributed by atoms with E-state index in [1.807, 2.05) is 0 Å². The molecule has 0 saturated carbocycles. The number of carbonyl (C=O) groups is 3. The van der Waals surface area contributed by atoms with Crippen LogP contribution in [0.15, 0.2) is 0 Å². The van der Waals surface area contributed by atoms with Gasteiger partial charge in [0.25, 0.3) is 0 Å². The summed E-state index contributed by atoms with van der Waals surface area (Å²) in [5.41, 5.74) is 0. The van der Waals surface area contributed by atoms with E-state index in [0.29, 0.717) is 0 Å². The Morgan fingerprint density at radius 2 is 1.60 bits per heavy atom. The fraction of sp³-hybridized carbons (Fsp3) is 0.571. The molecular weight excluding hydrogens is 217 g/mol. The molecule has 0 amide bonds. The monoisotopic (exact) mass is 227 g/mol. The SMILES string of the molecule is O=C(O)C1CNC(C(=O)O)C1C(=O)O.[H-].[Na+]. The molecule has 8 heteroatoms. The van der Waals surface area contributed by atoms with Gasteiger partial charge in [0.2, 0.25) is 0 Å². The van der Waals surface area contributed by atoms with Gasteiger partial charge in [0.1, 0.15) is 6.04 Å². The van der Waals surface area contributed by atoms with Crippen molar-refractivity contribution in [3.63, 3.8) is 0 Å². The summed E-state index contributed by atoms with van der Waals surface area (Å²) >= 11 is 0. The second kappa shape index (κ2) is 5.45. The second-order valence-corrected chi connectivity index (χ2v) is 3.03. The first kappa shape index (κ1) is 14.4. The predicted octanol–water partition coefficient (Wildman–Crippen LogP) is -4.44. The van der Waals surface area contributed by atoms with Crippen LogP contribution in [-0.2, 0) is 14.4 Å². The third kappa shape index (κ3) is 2.91. The van der Waals surface area contributed by atoms with E-state index in [1.54, 1.807) is 0 Å². The van der Waals surface area contributed by atoms with E-state index < -0.39 is 35.8 Å². The van der Waals surface area contributed by atoms with Gasteiger partial charge in [-0.15, -0.1) is 0 Å². The molecule has 1 saturated heterocycles. The topological polar surface area (TPSA) is 124 Å². The zero-order valence-corrected chi connectivity index (χ0v) is 10.0. The number of carboxylic acids is 3. The van der Waals surface area contributed by atoms with Gasteiger partial charge >= 0.3 is 47.5 Å². The molecule has 80 valence electrons. The Kier molecular flexibility index (Phi) is 5.22. The van der Waals surface area contributed by atoms with Gasteiger partial charge in [-0.3, -0.25) is 14.4 Å². The predicted molar refractivity (Wildman–Crippen MR) is 42.8 cm³/mol. The molecule has 0 radical (unpaired) electrons. The van der Waals surface area contributed by atoms with Crippen molar-refractivity contribution in [1.29, 1.82) is 0 Å². The zero-order chi connectivity index (χ0) is 10.9. The van der Waals surface area contributed by atoms with E-state index in [-0.39, 0.29) is 37.5 Å². The van der Waals surface area contributed by atoms with Gasteiger partial charge in [-0.05, 0) is 0 Å². The minimum Gasteiger partial charge on any atom is -1.00 e. The molecule has 3 atom stereocenters. The largest absolute Gasteiger partial charge is 1.00 e. The zero-order valence-electron chi connectivity index (χ0n) is 9.01. The third-order valence-corrected chi connectivity index (χ3v) is 2.22. The number of nitrogens with one attached hydrogen (secondary N) is 1. The molecule has 0 bridgehead atoms. The minimum atomic E-state index is -1.41. The van der Waals surface area contributed by atoms with Crippen LogP contribution in [0.5, 0.6) is 0 Å². The Balaban J connectivity index is 0. The number of hydrogen-bond acceptors (Lipinski definition) is 4.